The zero-order valence-corrected chi connectivity index (χ0v) is 11.9. The van der Waals surface area contributed by atoms with Gasteiger partial charge in [0.2, 0.25) is 0 Å². The van der Waals surface area contributed by atoms with Gasteiger partial charge in [-0.05, 0) is 44.4 Å². The Morgan fingerprint density at radius 3 is 2.95 bits per heavy atom. The lowest BCUT2D eigenvalue weighted by atomic mass is 9.83. The van der Waals surface area contributed by atoms with E-state index in [4.69, 9.17) is 4.98 Å². The van der Waals surface area contributed by atoms with Gasteiger partial charge in [0.05, 0.1) is 11.0 Å². The second-order valence-electron chi connectivity index (χ2n) is 5.80. The van der Waals surface area contributed by atoms with E-state index in [0.29, 0.717) is 6.04 Å². The fraction of sp³-hybridized carbons (Fsp3) is 0.562. The highest BCUT2D eigenvalue weighted by Gasteiger charge is 2.22. The Hall–Kier alpha value is -1.35. The van der Waals surface area contributed by atoms with Crippen LogP contribution >= 0.6 is 0 Å². The van der Waals surface area contributed by atoms with Gasteiger partial charge in [0, 0.05) is 19.5 Å². The molecule has 102 valence electrons. The Balaban J connectivity index is 1.79. The molecule has 1 aromatic carbocycles. The number of rotatable bonds is 3. The second-order valence-corrected chi connectivity index (χ2v) is 5.80. The summed E-state index contributed by atoms with van der Waals surface area (Å²) >= 11 is 0. The van der Waals surface area contributed by atoms with Gasteiger partial charge in [-0.1, -0.05) is 18.6 Å². The normalized spacial score (nSPS) is 23.9. The minimum Gasteiger partial charge on any atom is -0.331 e. The van der Waals surface area contributed by atoms with E-state index in [2.05, 4.69) is 48.2 Å². The van der Waals surface area contributed by atoms with Gasteiger partial charge >= 0.3 is 0 Å². The number of nitrogens with zero attached hydrogens (tertiary/aromatic N) is 2. The van der Waals surface area contributed by atoms with E-state index in [1.54, 1.807) is 0 Å². The highest BCUT2D eigenvalue weighted by Crippen LogP contribution is 2.27. The summed E-state index contributed by atoms with van der Waals surface area (Å²) in [4.78, 5) is 4.80. The van der Waals surface area contributed by atoms with Crippen molar-refractivity contribution in [1.82, 2.24) is 14.9 Å². The number of benzene rings is 1. The number of para-hydroxylation sites is 2. The number of fused-ring (bicyclic) bond motifs is 1. The van der Waals surface area contributed by atoms with Crippen molar-refractivity contribution in [3.8, 4) is 0 Å². The molecule has 0 aliphatic heterocycles. The number of hydrogen-bond acceptors (Lipinski definition) is 2. The lowest BCUT2D eigenvalue weighted by Crippen LogP contribution is -2.32. The van der Waals surface area contributed by atoms with E-state index >= 15 is 0 Å². The number of aromatic nitrogens is 2. The van der Waals surface area contributed by atoms with Gasteiger partial charge in [-0.3, -0.25) is 0 Å². The lowest BCUT2D eigenvalue weighted by molar-refractivity contribution is 0.290. The average molecular weight is 257 g/mol. The predicted octanol–water partition coefficient (Wildman–Crippen LogP) is 2.89. The van der Waals surface area contributed by atoms with E-state index in [1.807, 2.05) is 0 Å². The Morgan fingerprint density at radius 1 is 1.32 bits per heavy atom. The monoisotopic (exact) mass is 257 g/mol. The Labute approximate surface area is 115 Å². The third-order valence-electron chi connectivity index (χ3n) is 4.54. The first kappa shape index (κ1) is 12.7. The summed E-state index contributed by atoms with van der Waals surface area (Å²) in [6.45, 7) is 0. The molecule has 1 aliphatic carbocycles. The Morgan fingerprint density at radius 2 is 2.16 bits per heavy atom. The fourth-order valence-corrected chi connectivity index (χ4v) is 3.37. The van der Waals surface area contributed by atoms with Crippen LogP contribution in [0, 0.1) is 5.92 Å². The van der Waals surface area contributed by atoms with Crippen molar-refractivity contribution in [1.29, 1.82) is 0 Å². The molecule has 0 bridgehead atoms. The zero-order chi connectivity index (χ0) is 13.2. The summed E-state index contributed by atoms with van der Waals surface area (Å²) < 4.78 is 2.26. The predicted molar refractivity (Wildman–Crippen MR) is 79.2 cm³/mol. The van der Waals surface area contributed by atoms with Gasteiger partial charge < -0.3 is 9.88 Å². The van der Waals surface area contributed by atoms with Crippen molar-refractivity contribution in [2.24, 2.45) is 13.0 Å². The van der Waals surface area contributed by atoms with Crippen LogP contribution in [0.2, 0.25) is 0 Å². The third-order valence-corrected chi connectivity index (χ3v) is 4.54. The van der Waals surface area contributed by atoms with Crippen molar-refractivity contribution >= 4 is 11.0 Å². The molecular formula is C16H23N3. The van der Waals surface area contributed by atoms with Crippen LogP contribution < -0.4 is 5.32 Å². The van der Waals surface area contributed by atoms with Crippen molar-refractivity contribution < 1.29 is 0 Å². The summed E-state index contributed by atoms with van der Waals surface area (Å²) in [5.41, 5.74) is 2.37. The van der Waals surface area contributed by atoms with Crippen LogP contribution in [-0.4, -0.2) is 22.6 Å². The van der Waals surface area contributed by atoms with Gasteiger partial charge in [-0.15, -0.1) is 0 Å². The SMILES string of the molecule is CNC1CCCC(Cc2nc3ccccc3n2C)C1. The number of hydrogen-bond donors (Lipinski definition) is 1. The molecule has 1 aromatic heterocycles. The number of imidazole rings is 1. The third kappa shape index (κ3) is 2.52. The quantitative estimate of drug-likeness (QED) is 0.916. The summed E-state index contributed by atoms with van der Waals surface area (Å²) in [7, 11) is 4.23. The van der Waals surface area contributed by atoms with Crippen molar-refractivity contribution in [3.63, 3.8) is 0 Å². The van der Waals surface area contributed by atoms with E-state index in [0.717, 1.165) is 17.9 Å². The van der Waals surface area contributed by atoms with Crippen LogP contribution in [0.5, 0.6) is 0 Å². The molecule has 0 amide bonds. The molecule has 1 N–H and O–H groups in total. The molecule has 2 unspecified atom stereocenters. The van der Waals surface area contributed by atoms with Crippen LogP contribution in [0.3, 0.4) is 0 Å². The maximum Gasteiger partial charge on any atom is 0.109 e. The standard InChI is InChI=1S/C16H23N3/c1-17-13-7-5-6-12(10-13)11-16-18-14-8-3-4-9-15(14)19(16)2/h3-4,8-9,12-13,17H,5-7,10-11H2,1-2H3. The first-order valence-corrected chi connectivity index (χ1v) is 7.35. The second kappa shape index (κ2) is 5.33. The molecule has 0 radical (unpaired) electrons. The molecule has 2 aromatic rings. The van der Waals surface area contributed by atoms with Crippen LogP contribution in [0.1, 0.15) is 31.5 Å². The summed E-state index contributed by atoms with van der Waals surface area (Å²) in [5.74, 6) is 2.02. The molecule has 0 saturated heterocycles. The van der Waals surface area contributed by atoms with Crippen molar-refractivity contribution in [3.05, 3.63) is 30.1 Å². The minimum atomic E-state index is 0.702. The van der Waals surface area contributed by atoms with Crippen LogP contribution in [0.4, 0.5) is 0 Å². The van der Waals surface area contributed by atoms with Crippen LogP contribution in [0.15, 0.2) is 24.3 Å². The zero-order valence-electron chi connectivity index (χ0n) is 11.9. The average Bonchev–Trinajstić information content (AvgIpc) is 2.76. The highest BCUT2D eigenvalue weighted by atomic mass is 15.1. The molecule has 1 heterocycles. The molecular weight excluding hydrogens is 234 g/mol. The maximum absolute atomic E-state index is 4.80. The van der Waals surface area contributed by atoms with Crippen LogP contribution in [0.25, 0.3) is 11.0 Å². The smallest absolute Gasteiger partial charge is 0.109 e. The molecule has 3 nitrogen and oxygen atoms in total. The summed E-state index contributed by atoms with van der Waals surface area (Å²) in [6, 6.07) is 9.12. The van der Waals surface area contributed by atoms with Gasteiger partial charge in [-0.2, -0.15) is 0 Å². The fourth-order valence-electron chi connectivity index (χ4n) is 3.37. The summed E-state index contributed by atoms with van der Waals surface area (Å²) in [6.07, 6.45) is 6.43. The van der Waals surface area contributed by atoms with E-state index < -0.39 is 0 Å². The lowest BCUT2D eigenvalue weighted by Gasteiger charge is -2.28. The van der Waals surface area contributed by atoms with Crippen LogP contribution in [-0.2, 0) is 13.5 Å². The first-order chi connectivity index (χ1) is 9.28. The largest absolute Gasteiger partial charge is 0.331 e. The molecule has 3 rings (SSSR count). The molecule has 1 saturated carbocycles. The maximum atomic E-state index is 4.80. The molecule has 0 spiro atoms. The Bertz CT molecular complexity index is 558. The van der Waals surface area contributed by atoms with Gasteiger partial charge in [-0.25, -0.2) is 4.98 Å². The van der Waals surface area contributed by atoms with E-state index in [1.165, 1.54) is 37.0 Å². The molecule has 1 fully saturated rings. The number of nitrogens with one attached hydrogen (secondary N) is 1. The number of aryl methyl sites for hydroxylation is 1. The van der Waals surface area contributed by atoms with Crippen molar-refractivity contribution in [2.75, 3.05) is 7.05 Å². The highest BCUT2D eigenvalue weighted by molar-refractivity contribution is 5.75. The topological polar surface area (TPSA) is 29.9 Å². The Kier molecular flexibility index (Phi) is 3.56. The van der Waals surface area contributed by atoms with Gasteiger partial charge in [0.25, 0.3) is 0 Å². The minimum absolute atomic E-state index is 0.702. The van der Waals surface area contributed by atoms with Gasteiger partial charge in [0.15, 0.2) is 0 Å². The molecule has 3 heteroatoms. The molecule has 1 aliphatic rings. The first-order valence-electron chi connectivity index (χ1n) is 7.35. The molecule has 2 atom stereocenters. The van der Waals surface area contributed by atoms with Crippen molar-refractivity contribution in [2.45, 2.75) is 38.1 Å². The summed E-state index contributed by atoms with van der Waals surface area (Å²) in [5, 5.41) is 3.43. The van der Waals surface area contributed by atoms with E-state index in [-0.39, 0.29) is 0 Å². The van der Waals surface area contributed by atoms with Gasteiger partial charge in [0.1, 0.15) is 5.82 Å². The molecule has 19 heavy (non-hydrogen) atoms. The van der Waals surface area contributed by atoms with E-state index in [9.17, 15) is 0 Å².